The van der Waals surface area contributed by atoms with Crippen LogP contribution in [0.25, 0.3) is 0 Å². The van der Waals surface area contributed by atoms with E-state index in [9.17, 15) is 14.7 Å². The molecule has 3 unspecified atom stereocenters. The summed E-state index contributed by atoms with van der Waals surface area (Å²) in [4.78, 5) is 25.3. The number of aliphatic carboxylic acids is 1. The third-order valence-electron chi connectivity index (χ3n) is 4.38. The van der Waals surface area contributed by atoms with E-state index in [-0.39, 0.29) is 12.1 Å². The van der Waals surface area contributed by atoms with Gasteiger partial charge in [-0.3, -0.25) is 0 Å². The van der Waals surface area contributed by atoms with Gasteiger partial charge in [0.15, 0.2) is 0 Å². The van der Waals surface area contributed by atoms with Crippen LogP contribution >= 0.6 is 0 Å². The Hall–Kier alpha value is -1.26. The molecule has 2 amide bonds. The van der Waals surface area contributed by atoms with Crippen LogP contribution in [0.5, 0.6) is 0 Å². The third kappa shape index (κ3) is 4.12. The van der Waals surface area contributed by atoms with Crippen LogP contribution in [-0.2, 0) is 4.79 Å². The number of urea groups is 1. The second-order valence-electron chi connectivity index (χ2n) is 6.35. The van der Waals surface area contributed by atoms with Gasteiger partial charge in [-0.05, 0) is 32.1 Å². The van der Waals surface area contributed by atoms with Gasteiger partial charge in [-0.2, -0.15) is 0 Å². The molecule has 0 saturated heterocycles. The van der Waals surface area contributed by atoms with Crippen molar-refractivity contribution in [2.45, 2.75) is 70.9 Å². The van der Waals surface area contributed by atoms with E-state index in [2.05, 4.69) is 12.2 Å². The predicted molar refractivity (Wildman–Crippen MR) is 78.7 cm³/mol. The summed E-state index contributed by atoms with van der Waals surface area (Å²) >= 11 is 0. The summed E-state index contributed by atoms with van der Waals surface area (Å²) in [6, 6.07) is -0.0547. The van der Waals surface area contributed by atoms with Crippen LogP contribution in [0.2, 0.25) is 0 Å². The molecule has 0 aliphatic heterocycles. The van der Waals surface area contributed by atoms with Crippen molar-refractivity contribution < 1.29 is 14.7 Å². The van der Waals surface area contributed by atoms with Gasteiger partial charge >= 0.3 is 12.0 Å². The monoisotopic (exact) mass is 284 g/mol. The Balaban J connectivity index is 2.66. The molecule has 0 aromatic rings. The van der Waals surface area contributed by atoms with E-state index in [0.717, 1.165) is 19.3 Å². The Morgan fingerprint density at radius 2 is 2.05 bits per heavy atom. The fourth-order valence-corrected chi connectivity index (χ4v) is 2.97. The maximum Gasteiger partial charge on any atom is 0.329 e. The van der Waals surface area contributed by atoms with Crippen LogP contribution in [0.15, 0.2) is 0 Å². The number of rotatable bonds is 5. The van der Waals surface area contributed by atoms with E-state index in [4.69, 9.17) is 0 Å². The van der Waals surface area contributed by atoms with Gasteiger partial charge in [0.2, 0.25) is 0 Å². The van der Waals surface area contributed by atoms with Crippen LogP contribution in [0, 0.1) is 5.92 Å². The second-order valence-corrected chi connectivity index (χ2v) is 6.35. The fourth-order valence-electron chi connectivity index (χ4n) is 2.97. The van der Waals surface area contributed by atoms with Crippen molar-refractivity contribution in [1.82, 2.24) is 10.2 Å². The minimum Gasteiger partial charge on any atom is -0.480 e. The van der Waals surface area contributed by atoms with Crippen LogP contribution in [-0.4, -0.2) is 40.6 Å². The Kier molecular flexibility index (Phi) is 5.84. The number of nitrogens with zero attached hydrogens (tertiary/aromatic N) is 1. The Morgan fingerprint density at radius 1 is 1.40 bits per heavy atom. The highest BCUT2D eigenvalue weighted by atomic mass is 16.4. The molecule has 0 aromatic carbocycles. The first-order valence-corrected chi connectivity index (χ1v) is 7.58. The van der Waals surface area contributed by atoms with Gasteiger partial charge in [-0.15, -0.1) is 0 Å². The standard InChI is InChI=1S/C15H28N2O3/c1-5-9-15(3,13(18)19)16-14(20)17(4)12-8-6-7-11(2)10-12/h11-12H,5-10H2,1-4H3,(H,16,20)(H,18,19). The van der Waals surface area contributed by atoms with Gasteiger partial charge in [0.1, 0.15) is 5.54 Å². The van der Waals surface area contributed by atoms with Gasteiger partial charge < -0.3 is 15.3 Å². The smallest absolute Gasteiger partial charge is 0.329 e. The van der Waals surface area contributed by atoms with Crippen LogP contribution in [0.1, 0.15) is 59.3 Å². The van der Waals surface area contributed by atoms with Crippen LogP contribution < -0.4 is 5.32 Å². The lowest BCUT2D eigenvalue weighted by molar-refractivity contribution is -0.144. The molecule has 0 heterocycles. The molecule has 1 saturated carbocycles. The fraction of sp³-hybridized carbons (Fsp3) is 0.867. The van der Waals surface area contributed by atoms with Crippen molar-refractivity contribution in [3.05, 3.63) is 0 Å². The first kappa shape index (κ1) is 16.8. The topological polar surface area (TPSA) is 69.6 Å². The molecular weight excluding hydrogens is 256 g/mol. The lowest BCUT2D eigenvalue weighted by atomic mass is 9.86. The van der Waals surface area contributed by atoms with E-state index >= 15 is 0 Å². The van der Waals surface area contributed by atoms with E-state index in [1.165, 1.54) is 6.42 Å². The Morgan fingerprint density at radius 3 is 2.55 bits per heavy atom. The summed E-state index contributed by atoms with van der Waals surface area (Å²) in [6.07, 6.45) is 5.51. The van der Waals surface area contributed by atoms with Gasteiger partial charge in [-0.1, -0.05) is 33.1 Å². The third-order valence-corrected chi connectivity index (χ3v) is 4.38. The summed E-state index contributed by atoms with van der Waals surface area (Å²) < 4.78 is 0. The largest absolute Gasteiger partial charge is 0.480 e. The molecule has 1 fully saturated rings. The molecule has 5 nitrogen and oxygen atoms in total. The Bertz CT molecular complexity index is 359. The van der Waals surface area contributed by atoms with Crippen LogP contribution in [0.4, 0.5) is 4.79 Å². The number of carbonyl (C=O) groups is 2. The molecule has 0 spiro atoms. The Labute approximate surface area is 121 Å². The van der Waals surface area contributed by atoms with Gasteiger partial charge in [0.25, 0.3) is 0 Å². The molecule has 5 heteroatoms. The number of hydrogen-bond acceptors (Lipinski definition) is 2. The molecule has 1 rings (SSSR count). The van der Waals surface area contributed by atoms with E-state index in [0.29, 0.717) is 18.8 Å². The highest BCUT2D eigenvalue weighted by molar-refractivity contribution is 5.85. The van der Waals surface area contributed by atoms with Crippen LogP contribution in [0.3, 0.4) is 0 Å². The van der Waals surface area contributed by atoms with Gasteiger partial charge in [-0.25, -0.2) is 9.59 Å². The molecule has 116 valence electrons. The quantitative estimate of drug-likeness (QED) is 0.815. The number of hydrogen-bond donors (Lipinski definition) is 2. The van der Waals surface area contributed by atoms with Crippen molar-refractivity contribution in [3.8, 4) is 0 Å². The average Bonchev–Trinajstić information content (AvgIpc) is 2.37. The zero-order chi connectivity index (χ0) is 15.3. The summed E-state index contributed by atoms with van der Waals surface area (Å²) in [6.45, 7) is 5.70. The molecule has 3 atom stereocenters. The molecule has 0 aromatic heterocycles. The van der Waals surface area contributed by atoms with E-state index in [1.807, 2.05) is 6.92 Å². The molecular formula is C15H28N2O3. The van der Waals surface area contributed by atoms with E-state index < -0.39 is 11.5 Å². The number of carbonyl (C=O) groups excluding carboxylic acids is 1. The number of carboxylic acid groups (broad SMARTS) is 1. The molecule has 0 bridgehead atoms. The second kappa shape index (κ2) is 6.95. The zero-order valence-electron chi connectivity index (χ0n) is 13.1. The van der Waals surface area contributed by atoms with Crippen molar-refractivity contribution in [2.75, 3.05) is 7.05 Å². The minimum absolute atomic E-state index is 0.221. The predicted octanol–water partition coefficient (Wildman–Crippen LogP) is 2.85. The normalized spacial score (nSPS) is 25.6. The molecule has 1 aliphatic rings. The highest BCUT2D eigenvalue weighted by Crippen LogP contribution is 2.27. The van der Waals surface area contributed by atoms with E-state index in [1.54, 1.807) is 18.9 Å². The maximum atomic E-state index is 12.3. The molecule has 0 radical (unpaired) electrons. The van der Waals surface area contributed by atoms with Gasteiger partial charge in [0.05, 0.1) is 0 Å². The average molecular weight is 284 g/mol. The number of nitrogens with one attached hydrogen (secondary N) is 1. The molecule has 1 aliphatic carbocycles. The summed E-state index contributed by atoms with van der Waals surface area (Å²) in [5, 5.41) is 12.0. The highest BCUT2D eigenvalue weighted by Gasteiger charge is 2.36. The zero-order valence-corrected chi connectivity index (χ0v) is 13.1. The van der Waals surface area contributed by atoms with Crippen molar-refractivity contribution in [2.24, 2.45) is 5.92 Å². The summed E-state index contributed by atoms with van der Waals surface area (Å²) in [7, 11) is 1.77. The SMILES string of the molecule is CCCC(C)(NC(=O)N(C)C1CCCC(C)C1)C(=O)O. The lowest BCUT2D eigenvalue weighted by Gasteiger charge is -2.36. The maximum absolute atomic E-state index is 12.3. The number of carboxylic acids is 1. The molecule has 20 heavy (non-hydrogen) atoms. The van der Waals surface area contributed by atoms with Crippen molar-refractivity contribution >= 4 is 12.0 Å². The first-order chi connectivity index (χ1) is 9.30. The van der Waals surface area contributed by atoms with Crippen molar-refractivity contribution in [3.63, 3.8) is 0 Å². The number of amides is 2. The summed E-state index contributed by atoms with van der Waals surface area (Å²) in [5.41, 5.74) is -1.18. The van der Waals surface area contributed by atoms with Gasteiger partial charge in [0, 0.05) is 13.1 Å². The lowest BCUT2D eigenvalue weighted by Crippen LogP contribution is -2.57. The minimum atomic E-state index is -1.18. The van der Waals surface area contributed by atoms with Crippen molar-refractivity contribution in [1.29, 1.82) is 0 Å². The first-order valence-electron chi connectivity index (χ1n) is 7.58. The summed E-state index contributed by atoms with van der Waals surface area (Å²) in [5.74, 6) is -0.344. The molecule has 2 N–H and O–H groups in total.